The Kier molecular flexibility index (Phi) is 4.29. The molecule has 0 radical (unpaired) electrons. The summed E-state index contributed by atoms with van der Waals surface area (Å²) in [6.45, 7) is 4.92. The highest BCUT2D eigenvalue weighted by atomic mass is 16.7. The Hall–Kier alpha value is -0.380. The second-order valence-electron chi connectivity index (χ2n) is 2.78. The van der Waals surface area contributed by atoms with Crippen molar-refractivity contribution >= 4 is 0 Å². The van der Waals surface area contributed by atoms with Crippen LogP contribution in [0.25, 0.3) is 0 Å². The second kappa shape index (κ2) is 5.30. The Morgan fingerprint density at radius 3 is 3.17 bits per heavy atom. The smallest absolute Gasteiger partial charge is 0.183 e. The summed E-state index contributed by atoms with van der Waals surface area (Å²) in [5.74, 6) is 0. The molecule has 0 saturated carbocycles. The molecule has 0 aromatic rings. The minimum absolute atomic E-state index is 0.0711. The molecular weight excluding hydrogens is 156 g/mol. The first-order valence-corrected chi connectivity index (χ1v) is 4.25. The lowest BCUT2D eigenvalue weighted by Crippen LogP contribution is -2.37. The van der Waals surface area contributed by atoms with Gasteiger partial charge in [-0.3, -0.25) is 0 Å². The number of rotatable bonds is 4. The SMILES string of the molecule is C=CCOC1CCCOC1OC. The Bertz CT molecular complexity index is 136. The van der Waals surface area contributed by atoms with Crippen LogP contribution in [0.5, 0.6) is 0 Å². The Morgan fingerprint density at radius 1 is 1.67 bits per heavy atom. The van der Waals surface area contributed by atoms with E-state index < -0.39 is 0 Å². The molecule has 12 heavy (non-hydrogen) atoms. The fourth-order valence-corrected chi connectivity index (χ4v) is 1.30. The maximum absolute atomic E-state index is 5.47. The summed E-state index contributed by atoms with van der Waals surface area (Å²) in [7, 11) is 1.64. The van der Waals surface area contributed by atoms with Gasteiger partial charge in [-0.25, -0.2) is 0 Å². The van der Waals surface area contributed by atoms with Gasteiger partial charge in [0, 0.05) is 13.7 Å². The Labute approximate surface area is 73.3 Å². The average molecular weight is 172 g/mol. The summed E-state index contributed by atoms with van der Waals surface area (Å²) >= 11 is 0. The van der Waals surface area contributed by atoms with Gasteiger partial charge >= 0.3 is 0 Å². The van der Waals surface area contributed by atoms with E-state index in [0.717, 1.165) is 19.4 Å². The number of methoxy groups -OCH3 is 1. The average Bonchev–Trinajstić information content (AvgIpc) is 2.15. The molecule has 0 bridgehead atoms. The summed E-state index contributed by atoms with van der Waals surface area (Å²) < 4.78 is 15.9. The van der Waals surface area contributed by atoms with E-state index in [1.165, 1.54) is 0 Å². The molecule has 2 atom stereocenters. The van der Waals surface area contributed by atoms with Crippen LogP contribution in [0.15, 0.2) is 12.7 Å². The summed E-state index contributed by atoms with van der Waals surface area (Å²) in [6.07, 6.45) is 3.66. The maximum atomic E-state index is 5.47. The zero-order chi connectivity index (χ0) is 8.81. The normalized spacial score (nSPS) is 30.1. The second-order valence-corrected chi connectivity index (χ2v) is 2.78. The quantitative estimate of drug-likeness (QED) is 0.599. The molecule has 0 aromatic heterocycles. The molecule has 2 unspecified atom stereocenters. The van der Waals surface area contributed by atoms with Crippen molar-refractivity contribution < 1.29 is 14.2 Å². The van der Waals surface area contributed by atoms with Crippen LogP contribution >= 0.6 is 0 Å². The van der Waals surface area contributed by atoms with Gasteiger partial charge in [-0.15, -0.1) is 6.58 Å². The van der Waals surface area contributed by atoms with Gasteiger partial charge in [-0.2, -0.15) is 0 Å². The zero-order valence-electron chi connectivity index (χ0n) is 7.49. The first-order chi connectivity index (χ1) is 5.88. The summed E-state index contributed by atoms with van der Waals surface area (Å²) in [5, 5.41) is 0. The molecule has 0 aromatic carbocycles. The van der Waals surface area contributed by atoms with Crippen molar-refractivity contribution in [2.45, 2.75) is 25.2 Å². The van der Waals surface area contributed by atoms with Gasteiger partial charge in [0.05, 0.1) is 6.61 Å². The highest BCUT2D eigenvalue weighted by Gasteiger charge is 2.25. The molecule has 0 spiro atoms. The fraction of sp³-hybridized carbons (Fsp3) is 0.778. The highest BCUT2D eigenvalue weighted by Crippen LogP contribution is 2.17. The minimum atomic E-state index is -0.196. The molecule has 3 heteroatoms. The minimum Gasteiger partial charge on any atom is -0.369 e. The maximum Gasteiger partial charge on any atom is 0.183 e. The van der Waals surface area contributed by atoms with Crippen molar-refractivity contribution in [1.82, 2.24) is 0 Å². The standard InChI is InChI=1S/C9H16O3/c1-3-6-11-8-5-4-7-12-9(8)10-2/h3,8-9H,1,4-7H2,2H3. The van der Waals surface area contributed by atoms with E-state index >= 15 is 0 Å². The molecule has 70 valence electrons. The van der Waals surface area contributed by atoms with Gasteiger partial charge in [0.15, 0.2) is 6.29 Å². The third kappa shape index (κ3) is 2.59. The summed E-state index contributed by atoms with van der Waals surface area (Å²) in [6, 6.07) is 0. The van der Waals surface area contributed by atoms with Crippen molar-refractivity contribution in [3.63, 3.8) is 0 Å². The van der Waals surface area contributed by atoms with Crippen molar-refractivity contribution in [3.05, 3.63) is 12.7 Å². The third-order valence-electron chi connectivity index (χ3n) is 1.88. The molecule has 3 nitrogen and oxygen atoms in total. The predicted octanol–water partition coefficient (Wildman–Crippen LogP) is 1.34. The van der Waals surface area contributed by atoms with E-state index in [2.05, 4.69) is 6.58 Å². The third-order valence-corrected chi connectivity index (χ3v) is 1.88. The van der Waals surface area contributed by atoms with Crippen LogP contribution in [0.4, 0.5) is 0 Å². The van der Waals surface area contributed by atoms with Crippen LogP contribution in [0.3, 0.4) is 0 Å². The largest absolute Gasteiger partial charge is 0.369 e. The van der Waals surface area contributed by atoms with E-state index in [0.29, 0.717) is 6.61 Å². The first kappa shape index (κ1) is 9.71. The Morgan fingerprint density at radius 2 is 2.50 bits per heavy atom. The van der Waals surface area contributed by atoms with Gasteiger partial charge in [-0.1, -0.05) is 6.08 Å². The van der Waals surface area contributed by atoms with Crippen LogP contribution in [0, 0.1) is 0 Å². The molecule has 1 rings (SSSR count). The topological polar surface area (TPSA) is 27.7 Å². The van der Waals surface area contributed by atoms with Crippen LogP contribution in [-0.4, -0.2) is 32.7 Å². The van der Waals surface area contributed by atoms with Crippen molar-refractivity contribution in [2.75, 3.05) is 20.3 Å². The number of ether oxygens (including phenoxy) is 3. The van der Waals surface area contributed by atoms with Gasteiger partial charge in [0.1, 0.15) is 6.10 Å². The van der Waals surface area contributed by atoms with Gasteiger partial charge in [0.25, 0.3) is 0 Å². The Balaban J connectivity index is 2.30. The van der Waals surface area contributed by atoms with Crippen molar-refractivity contribution in [2.24, 2.45) is 0 Å². The lowest BCUT2D eigenvalue weighted by Gasteiger charge is -2.29. The van der Waals surface area contributed by atoms with Gasteiger partial charge in [-0.05, 0) is 12.8 Å². The van der Waals surface area contributed by atoms with Gasteiger partial charge in [0.2, 0.25) is 0 Å². The highest BCUT2D eigenvalue weighted by molar-refractivity contribution is 4.71. The van der Waals surface area contributed by atoms with E-state index in [1.807, 2.05) is 0 Å². The van der Waals surface area contributed by atoms with E-state index in [9.17, 15) is 0 Å². The van der Waals surface area contributed by atoms with Crippen LogP contribution in [-0.2, 0) is 14.2 Å². The molecule has 0 N–H and O–H groups in total. The van der Waals surface area contributed by atoms with Gasteiger partial charge < -0.3 is 14.2 Å². The van der Waals surface area contributed by atoms with E-state index in [1.54, 1.807) is 13.2 Å². The number of hydrogen-bond donors (Lipinski definition) is 0. The molecule has 1 aliphatic heterocycles. The van der Waals surface area contributed by atoms with Crippen molar-refractivity contribution in [1.29, 1.82) is 0 Å². The summed E-state index contributed by atoms with van der Waals surface area (Å²) in [4.78, 5) is 0. The van der Waals surface area contributed by atoms with E-state index in [-0.39, 0.29) is 12.4 Å². The van der Waals surface area contributed by atoms with Crippen molar-refractivity contribution in [3.8, 4) is 0 Å². The molecule has 1 aliphatic rings. The first-order valence-electron chi connectivity index (χ1n) is 4.25. The lowest BCUT2D eigenvalue weighted by atomic mass is 10.1. The summed E-state index contributed by atoms with van der Waals surface area (Å²) in [5.41, 5.74) is 0. The molecule has 1 heterocycles. The fourth-order valence-electron chi connectivity index (χ4n) is 1.30. The molecule has 1 fully saturated rings. The van der Waals surface area contributed by atoms with Crippen LogP contribution in [0.1, 0.15) is 12.8 Å². The molecule has 0 amide bonds. The number of hydrogen-bond acceptors (Lipinski definition) is 3. The molecule has 0 aliphatic carbocycles. The zero-order valence-corrected chi connectivity index (χ0v) is 7.49. The monoisotopic (exact) mass is 172 g/mol. The predicted molar refractivity (Wildman–Crippen MR) is 45.9 cm³/mol. The van der Waals surface area contributed by atoms with E-state index in [4.69, 9.17) is 14.2 Å². The molecule has 1 saturated heterocycles. The molecular formula is C9H16O3. The van der Waals surface area contributed by atoms with Crippen LogP contribution < -0.4 is 0 Å². The lowest BCUT2D eigenvalue weighted by molar-refractivity contribution is -0.213. The van der Waals surface area contributed by atoms with Crippen LogP contribution in [0.2, 0.25) is 0 Å².